The number of nitrogens with one attached hydrogen (secondary N) is 1. The molecule has 0 heterocycles. The number of carbonyl (C=O) groups is 1. The van der Waals surface area contributed by atoms with Crippen LogP contribution in [0, 0.1) is 13.8 Å². The molecule has 0 aliphatic carbocycles. The van der Waals surface area contributed by atoms with Gasteiger partial charge in [-0.05, 0) is 68.0 Å². The van der Waals surface area contributed by atoms with Crippen molar-refractivity contribution >= 4 is 5.91 Å². The molecule has 0 radical (unpaired) electrons. The molecule has 2 rings (SSSR count). The second-order valence-electron chi connectivity index (χ2n) is 6.53. The summed E-state index contributed by atoms with van der Waals surface area (Å²) < 4.78 is 11.2. The normalized spacial score (nSPS) is 11.7. The van der Waals surface area contributed by atoms with Crippen LogP contribution in [0.1, 0.15) is 36.5 Å². The molecule has 1 atom stereocenters. The smallest absolute Gasteiger partial charge is 0.261 e. The lowest BCUT2D eigenvalue weighted by Gasteiger charge is -2.19. The Balaban J connectivity index is 1.82. The van der Waals surface area contributed by atoms with Gasteiger partial charge in [-0.25, -0.2) is 0 Å². The van der Waals surface area contributed by atoms with Gasteiger partial charge < -0.3 is 14.8 Å². The van der Waals surface area contributed by atoms with Crippen molar-refractivity contribution in [1.82, 2.24) is 5.32 Å². The summed E-state index contributed by atoms with van der Waals surface area (Å²) in [6.45, 7) is 6.60. The van der Waals surface area contributed by atoms with E-state index in [9.17, 15) is 4.79 Å². The number of hydrogen-bond donors (Lipinski definition) is 1. The van der Waals surface area contributed by atoms with Crippen LogP contribution in [0.4, 0.5) is 0 Å². The molecule has 0 bridgehead atoms. The molecular weight excluding hydrogens is 326 g/mol. The Hall–Kier alpha value is -2.49. The second kappa shape index (κ2) is 9.85. The molecule has 0 saturated carbocycles. The van der Waals surface area contributed by atoms with Gasteiger partial charge in [-0.1, -0.05) is 31.2 Å². The van der Waals surface area contributed by atoms with Crippen LogP contribution in [-0.2, 0) is 11.2 Å². The molecule has 4 heteroatoms. The van der Waals surface area contributed by atoms with Gasteiger partial charge >= 0.3 is 0 Å². The summed E-state index contributed by atoms with van der Waals surface area (Å²) in [6.07, 6.45) is 1.94. The van der Waals surface area contributed by atoms with E-state index in [4.69, 9.17) is 9.47 Å². The van der Waals surface area contributed by atoms with Gasteiger partial charge in [-0.15, -0.1) is 0 Å². The van der Waals surface area contributed by atoms with Gasteiger partial charge in [-0.2, -0.15) is 0 Å². The van der Waals surface area contributed by atoms with Crippen LogP contribution in [0.15, 0.2) is 42.5 Å². The average molecular weight is 355 g/mol. The summed E-state index contributed by atoms with van der Waals surface area (Å²) in [5.74, 6) is 1.59. The first-order chi connectivity index (χ1) is 12.5. The first-order valence-electron chi connectivity index (χ1n) is 9.18. The van der Waals surface area contributed by atoms with E-state index in [1.165, 1.54) is 5.56 Å². The molecule has 2 aromatic rings. The van der Waals surface area contributed by atoms with Gasteiger partial charge in [0.15, 0.2) is 6.10 Å². The number of benzene rings is 2. The Morgan fingerprint density at radius 3 is 2.69 bits per heavy atom. The molecular formula is C22H29NO3. The Morgan fingerprint density at radius 1 is 1.15 bits per heavy atom. The first kappa shape index (κ1) is 19.8. The molecule has 0 fully saturated rings. The van der Waals surface area contributed by atoms with Crippen molar-refractivity contribution in [1.29, 1.82) is 0 Å². The summed E-state index contributed by atoms with van der Waals surface area (Å²) in [5.41, 5.74) is 3.37. The lowest BCUT2D eigenvalue weighted by Crippen LogP contribution is -2.38. The molecule has 140 valence electrons. The molecule has 0 aliphatic heterocycles. The number of aryl methyl sites for hydroxylation is 3. The first-order valence-corrected chi connectivity index (χ1v) is 9.18. The highest BCUT2D eigenvalue weighted by atomic mass is 16.5. The second-order valence-corrected chi connectivity index (χ2v) is 6.53. The van der Waals surface area contributed by atoms with E-state index in [2.05, 4.69) is 11.4 Å². The van der Waals surface area contributed by atoms with Gasteiger partial charge in [0.25, 0.3) is 5.91 Å². The molecule has 0 aromatic heterocycles. The van der Waals surface area contributed by atoms with Crippen LogP contribution in [0.5, 0.6) is 11.5 Å². The number of methoxy groups -OCH3 is 1. The molecule has 1 amide bonds. The zero-order valence-corrected chi connectivity index (χ0v) is 16.2. The number of rotatable bonds is 9. The zero-order valence-electron chi connectivity index (χ0n) is 16.2. The van der Waals surface area contributed by atoms with E-state index in [0.29, 0.717) is 13.0 Å². The van der Waals surface area contributed by atoms with Crippen molar-refractivity contribution in [2.24, 2.45) is 0 Å². The fourth-order valence-corrected chi connectivity index (χ4v) is 2.76. The highest BCUT2D eigenvalue weighted by Gasteiger charge is 2.18. The van der Waals surface area contributed by atoms with Crippen molar-refractivity contribution in [2.75, 3.05) is 13.7 Å². The molecule has 4 nitrogen and oxygen atoms in total. The number of carbonyl (C=O) groups excluding carboxylic acids is 1. The number of ether oxygens (including phenoxy) is 2. The van der Waals surface area contributed by atoms with Crippen molar-refractivity contribution in [3.8, 4) is 11.5 Å². The average Bonchev–Trinajstić information content (AvgIpc) is 2.65. The zero-order chi connectivity index (χ0) is 18.9. The largest absolute Gasteiger partial charge is 0.497 e. The maximum absolute atomic E-state index is 12.4. The fraction of sp³-hybridized carbons (Fsp3) is 0.409. The van der Waals surface area contributed by atoms with Gasteiger partial charge in [-0.3, -0.25) is 4.79 Å². The maximum atomic E-state index is 12.4. The van der Waals surface area contributed by atoms with Gasteiger partial charge in [0.2, 0.25) is 0 Å². The summed E-state index contributed by atoms with van der Waals surface area (Å²) in [5, 5.41) is 2.99. The summed E-state index contributed by atoms with van der Waals surface area (Å²) in [6, 6.07) is 14.1. The Kier molecular flexibility index (Phi) is 7.52. The quantitative estimate of drug-likeness (QED) is 0.685. The van der Waals surface area contributed by atoms with Gasteiger partial charge in [0, 0.05) is 6.54 Å². The maximum Gasteiger partial charge on any atom is 0.261 e. The highest BCUT2D eigenvalue weighted by Crippen LogP contribution is 2.21. The fourth-order valence-electron chi connectivity index (χ4n) is 2.76. The number of hydrogen-bond acceptors (Lipinski definition) is 3. The van der Waals surface area contributed by atoms with Crippen LogP contribution in [-0.4, -0.2) is 25.7 Å². The molecule has 26 heavy (non-hydrogen) atoms. The standard InChI is InChI=1S/C22H29NO3/c1-5-20(26-21-14-16(2)11-12-17(21)3)22(24)23-13-7-9-18-8-6-10-19(15-18)25-4/h6,8,10-12,14-15,20H,5,7,9,13H2,1-4H3,(H,23,24)/t20-/m1/s1. The lowest BCUT2D eigenvalue weighted by molar-refractivity contribution is -0.128. The Bertz CT molecular complexity index is 727. The molecule has 0 spiro atoms. The third-order valence-corrected chi connectivity index (χ3v) is 4.35. The van der Waals surface area contributed by atoms with Crippen molar-refractivity contribution in [2.45, 2.75) is 46.1 Å². The topological polar surface area (TPSA) is 47.6 Å². The summed E-state index contributed by atoms with van der Waals surface area (Å²) in [4.78, 5) is 12.4. The van der Waals surface area contributed by atoms with E-state index in [0.717, 1.165) is 35.5 Å². The van der Waals surface area contributed by atoms with Gasteiger partial charge in [0.1, 0.15) is 11.5 Å². The molecule has 0 saturated heterocycles. The highest BCUT2D eigenvalue weighted by molar-refractivity contribution is 5.81. The third-order valence-electron chi connectivity index (χ3n) is 4.35. The van der Waals surface area contributed by atoms with Crippen LogP contribution in [0.3, 0.4) is 0 Å². The van der Waals surface area contributed by atoms with E-state index >= 15 is 0 Å². The van der Waals surface area contributed by atoms with E-state index in [1.807, 2.05) is 57.2 Å². The molecule has 0 aliphatic rings. The molecule has 0 unspecified atom stereocenters. The predicted octanol–water partition coefficient (Wildman–Crippen LogP) is 4.22. The van der Waals surface area contributed by atoms with E-state index < -0.39 is 6.10 Å². The van der Waals surface area contributed by atoms with E-state index in [-0.39, 0.29) is 5.91 Å². The van der Waals surface area contributed by atoms with Crippen LogP contribution < -0.4 is 14.8 Å². The van der Waals surface area contributed by atoms with Crippen molar-refractivity contribution in [3.63, 3.8) is 0 Å². The summed E-state index contributed by atoms with van der Waals surface area (Å²) >= 11 is 0. The minimum Gasteiger partial charge on any atom is -0.497 e. The Morgan fingerprint density at radius 2 is 1.96 bits per heavy atom. The van der Waals surface area contributed by atoms with Crippen molar-refractivity contribution < 1.29 is 14.3 Å². The monoisotopic (exact) mass is 355 g/mol. The molecule has 1 N–H and O–H groups in total. The summed E-state index contributed by atoms with van der Waals surface area (Å²) in [7, 11) is 1.67. The van der Waals surface area contributed by atoms with E-state index in [1.54, 1.807) is 7.11 Å². The van der Waals surface area contributed by atoms with Crippen LogP contribution >= 0.6 is 0 Å². The lowest BCUT2D eigenvalue weighted by atomic mass is 10.1. The minimum atomic E-state index is -0.465. The van der Waals surface area contributed by atoms with Gasteiger partial charge in [0.05, 0.1) is 7.11 Å². The predicted molar refractivity (Wildman–Crippen MR) is 105 cm³/mol. The van der Waals surface area contributed by atoms with Crippen LogP contribution in [0.2, 0.25) is 0 Å². The SMILES string of the molecule is CC[C@@H](Oc1cc(C)ccc1C)C(=O)NCCCc1cccc(OC)c1. The van der Waals surface area contributed by atoms with Crippen molar-refractivity contribution in [3.05, 3.63) is 59.2 Å². The molecule has 2 aromatic carbocycles. The number of amides is 1. The Labute approximate surface area is 156 Å². The van der Waals surface area contributed by atoms with Crippen LogP contribution in [0.25, 0.3) is 0 Å². The third kappa shape index (κ3) is 5.80. The minimum absolute atomic E-state index is 0.0564.